The first kappa shape index (κ1) is 10.7. The van der Waals surface area contributed by atoms with Crippen LogP contribution in [-0.2, 0) is 0 Å². The highest BCUT2D eigenvalue weighted by atomic mass is 28.2. The summed E-state index contributed by atoms with van der Waals surface area (Å²) in [6.07, 6.45) is 9.59. The van der Waals surface area contributed by atoms with Crippen LogP contribution in [0.3, 0.4) is 0 Å². The quantitative estimate of drug-likeness (QED) is 0.678. The topological polar surface area (TPSA) is 0 Å². The molecule has 0 unspecified atom stereocenters. The summed E-state index contributed by atoms with van der Waals surface area (Å²) in [6, 6.07) is 10.7. The van der Waals surface area contributed by atoms with Gasteiger partial charge < -0.3 is 0 Å². The van der Waals surface area contributed by atoms with Crippen LogP contribution in [0.4, 0.5) is 0 Å². The molecule has 0 N–H and O–H groups in total. The molecule has 78 valence electrons. The van der Waals surface area contributed by atoms with E-state index >= 15 is 0 Å². The van der Waals surface area contributed by atoms with Gasteiger partial charge in [0.25, 0.3) is 0 Å². The third kappa shape index (κ3) is 3.67. The fourth-order valence-electron chi connectivity index (χ4n) is 2.14. The normalized spacial score (nSPS) is 18.4. The number of benzene rings is 1. The highest BCUT2D eigenvalue weighted by Gasteiger charge is 2.09. The van der Waals surface area contributed by atoms with Crippen molar-refractivity contribution in [2.24, 2.45) is 5.92 Å². The molecule has 0 aliphatic heterocycles. The molecule has 0 amide bonds. The lowest BCUT2D eigenvalue weighted by molar-refractivity contribution is 0.419. The molecule has 1 fully saturated rings. The molecular weight excluding hydrogens is 196 g/mol. The van der Waals surface area contributed by atoms with Gasteiger partial charge in [-0.15, -0.1) is 0 Å². The van der Waals surface area contributed by atoms with E-state index in [0.29, 0.717) is 0 Å². The Balaban J connectivity index is 1.79. The van der Waals surface area contributed by atoms with Crippen LogP contribution in [0.5, 0.6) is 0 Å². The standard InChI is InChI=1S/C14H18Si/c1-3-7-13(8-4-1)11-12-15-14-9-5-2-6-10-14/h2,5-6,9-13H,1,3-4,7-8H2/b12-11+. The van der Waals surface area contributed by atoms with E-state index in [0.717, 1.165) is 15.4 Å². The number of hydrogen-bond acceptors (Lipinski definition) is 0. The van der Waals surface area contributed by atoms with Crippen molar-refractivity contribution in [3.63, 3.8) is 0 Å². The first-order chi connectivity index (χ1) is 7.45. The highest BCUT2D eigenvalue weighted by molar-refractivity contribution is 6.58. The molecule has 0 nitrogen and oxygen atoms in total. The van der Waals surface area contributed by atoms with Crippen LogP contribution in [0.25, 0.3) is 0 Å². The zero-order valence-electron chi connectivity index (χ0n) is 9.15. The Bertz CT molecular complexity index is 296. The molecule has 15 heavy (non-hydrogen) atoms. The van der Waals surface area contributed by atoms with E-state index in [4.69, 9.17) is 0 Å². The van der Waals surface area contributed by atoms with E-state index in [1.807, 2.05) is 0 Å². The fourth-order valence-corrected chi connectivity index (χ4v) is 3.09. The lowest BCUT2D eigenvalue weighted by Gasteiger charge is -2.17. The fraction of sp³-hybridized carbons (Fsp3) is 0.429. The predicted octanol–water partition coefficient (Wildman–Crippen LogP) is 3.11. The van der Waals surface area contributed by atoms with Gasteiger partial charge in [-0.1, -0.05) is 66.6 Å². The van der Waals surface area contributed by atoms with Crippen LogP contribution in [-0.4, -0.2) is 9.52 Å². The molecule has 1 heteroatoms. The van der Waals surface area contributed by atoms with Crippen molar-refractivity contribution < 1.29 is 0 Å². The Morgan fingerprint density at radius 1 is 1.00 bits per heavy atom. The Labute approximate surface area is 95.2 Å². The Kier molecular flexibility index (Phi) is 4.21. The van der Waals surface area contributed by atoms with Gasteiger partial charge in [-0.3, -0.25) is 0 Å². The van der Waals surface area contributed by atoms with Crippen molar-refractivity contribution in [2.75, 3.05) is 0 Å². The van der Waals surface area contributed by atoms with Crippen LogP contribution in [0.15, 0.2) is 42.1 Å². The predicted molar refractivity (Wildman–Crippen MR) is 67.5 cm³/mol. The average molecular weight is 214 g/mol. The van der Waals surface area contributed by atoms with E-state index in [9.17, 15) is 0 Å². The number of hydrogen-bond donors (Lipinski definition) is 0. The second-order valence-corrected chi connectivity index (χ2v) is 5.47. The maximum Gasteiger partial charge on any atom is 0.111 e. The van der Waals surface area contributed by atoms with E-state index in [1.54, 1.807) is 0 Å². The molecule has 0 bridgehead atoms. The third-order valence-corrected chi connectivity index (χ3v) is 4.07. The third-order valence-electron chi connectivity index (χ3n) is 3.04. The zero-order chi connectivity index (χ0) is 10.3. The molecule has 0 heterocycles. The van der Waals surface area contributed by atoms with Gasteiger partial charge in [-0.2, -0.15) is 0 Å². The van der Waals surface area contributed by atoms with Crippen molar-refractivity contribution in [3.05, 3.63) is 42.1 Å². The molecule has 1 aromatic rings. The minimum Gasteiger partial charge on any atom is -0.0970 e. The van der Waals surface area contributed by atoms with Gasteiger partial charge in [-0.05, 0) is 18.8 Å². The summed E-state index contributed by atoms with van der Waals surface area (Å²) in [4.78, 5) is 0. The molecule has 0 saturated heterocycles. The van der Waals surface area contributed by atoms with Crippen molar-refractivity contribution in [1.29, 1.82) is 0 Å². The van der Waals surface area contributed by atoms with Crippen LogP contribution in [0.1, 0.15) is 32.1 Å². The van der Waals surface area contributed by atoms with E-state index in [2.05, 4.69) is 42.1 Å². The van der Waals surface area contributed by atoms with Crippen molar-refractivity contribution in [3.8, 4) is 0 Å². The monoisotopic (exact) mass is 214 g/mol. The van der Waals surface area contributed by atoms with Crippen LogP contribution >= 0.6 is 0 Å². The first-order valence-electron chi connectivity index (χ1n) is 5.93. The summed E-state index contributed by atoms with van der Waals surface area (Å²) >= 11 is 0. The van der Waals surface area contributed by atoms with Gasteiger partial charge in [0.1, 0.15) is 9.52 Å². The van der Waals surface area contributed by atoms with Crippen molar-refractivity contribution in [1.82, 2.24) is 0 Å². The van der Waals surface area contributed by atoms with Gasteiger partial charge >= 0.3 is 0 Å². The van der Waals surface area contributed by atoms with Crippen molar-refractivity contribution >= 4 is 14.7 Å². The van der Waals surface area contributed by atoms with E-state index in [-0.39, 0.29) is 0 Å². The molecule has 1 aliphatic carbocycles. The van der Waals surface area contributed by atoms with Crippen molar-refractivity contribution in [2.45, 2.75) is 32.1 Å². The maximum atomic E-state index is 2.45. The van der Waals surface area contributed by atoms with Crippen LogP contribution in [0, 0.1) is 5.92 Å². The molecule has 0 aromatic heterocycles. The highest BCUT2D eigenvalue weighted by Crippen LogP contribution is 2.24. The van der Waals surface area contributed by atoms with Gasteiger partial charge in [0.2, 0.25) is 0 Å². The van der Waals surface area contributed by atoms with Gasteiger partial charge in [-0.25, -0.2) is 0 Å². The lowest BCUT2D eigenvalue weighted by Crippen LogP contribution is -2.11. The molecule has 0 spiro atoms. The second-order valence-electron chi connectivity index (χ2n) is 4.27. The van der Waals surface area contributed by atoms with Crippen LogP contribution in [0.2, 0.25) is 0 Å². The molecule has 2 rings (SSSR count). The summed E-state index contributed by atoms with van der Waals surface area (Å²) < 4.78 is 0. The van der Waals surface area contributed by atoms with E-state index in [1.165, 1.54) is 37.3 Å². The smallest absolute Gasteiger partial charge is 0.0970 e. The summed E-state index contributed by atoms with van der Waals surface area (Å²) in [6.45, 7) is 0. The second kappa shape index (κ2) is 5.91. The lowest BCUT2D eigenvalue weighted by atomic mass is 9.90. The van der Waals surface area contributed by atoms with E-state index < -0.39 is 0 Å². The molecule has 1 saturated carbocycles. The summed E-state index contributed by atoms with van der Waals surface area (Å²) in [5.74, 6) is 0.870. The van der Waals surface area contributed by atoms with Crippen LogP contribution < -0.4 is 5.19 Å². The SMILES string of the molecule is C(=C\C1CCCCC1)/[Si]c1ccccc1. The largest absolute Gasteiger partial charge is 0.111 e. The zero-order valence-corrected chi connectivity index (χ0v) is 10.2. The molecule has 2 radical (unpaired) electrons. The Morgan fingerprint density at radius 2 is 1.73 bits per heavy atom. The molecule has 1 aliphatic rings. The Hall–Kier alpha value is -0.823. The average Bonchev–Trinajstić information content (AvgIpc) is 2.32. The minimum absolute atomic E-state index is 0.848. The van der Waals surface area contributed by atoms with Gasteiger partial charge in [0, 0.05) is 0 Å². The number of allylic oxidation sites excluding steroid dienone is 1. The molecular formula is C14H18Si. The number of rotatable bonds is 3. The summed E-state index contributed by atoms with van der Waals surface area (Å²) in [5.41, 5.74) is 2.38. The minimum atomic E-state index is 0.848. The maximum absolute atomic E-state index is 2.45. The van der Waals surface area contributed by atoms with Gasteiger partial charge in [0.05, 0.1) is 0 Å². The molecule has 0 atom stereocenters. The van der Waals surface area contributed by atoms with Gasteiger partial charge in [0.15, 0.2) is 0 Å². The summed E-state index contributed by atoms with van der Waals surface area (Å²) in [5, 5.41) is 1.45. The molecule has 1 aromatic carbocycles. The Morgan fingerprint density at radius 3 is 2.47 bits per heavy atom. The summed E-state index contributed by atoms with van der Waals surface area (Å²) in [7, 11) is 0.848. The first-order valence-corrected chi connectivity index (χ1v) is 7.01.